The maximum absolute atomic E-state index is 11.9. The van der Waals surface area contributed by atoms with Crippen molar-refractivity contribution in [3.05, 3.63) is 0 Å². The first-order chi connectivity index (χ1) is 9.05. The molecule has 0 bridgehead atoms. The third-order valence-corrected chi connectivity index (χ3v) is 5.26. The number of rotatable bonds is 11. The van der Waals surface area contributed by atoms with Crippen molar-refractivity contribution in [2.75, 3.05) is 33.1 Å². The van der Waals surface area contributed by atoms with Crippen LogP contribution in [0.1, 0.15) is 40.0 Å². The average Bonchev–Trinajstić information content (AvgIpc) is 2.45. The molecule has 114 valence electrons. The lowest BCUT2D eigenvalue weighted by Gasteiger charge is -2.31. The highest BCUT2D eigenvalue weighted by Gasteiger charge is 2.26. The summed E-state index contributed by atoms with van der Waals surface area (Å²) in [7, 11) is 1.67. The molecule has 0 aliphatic heterocycles. The molecule has 19 heavy (non-hydrogen) atoms. The Bertz CT molecular complexity index is 237. The van der Waals surface area contributed by atoms with E-state index in [1.54, 1.807) is 7.11 Å². The van der Waals surface area contributed by atoms with Gasteiger partial charge in [0.1, 0.15) is 0 Å². The number of methoxy groups -OCH3 is 1. The molecule has 0 rings (SSSR count). The lowest BCUT2D eigenvalue weighted by molar-refractivity contribution is -0.122. The molecule has 4 nitrogen and oxygen atoms in total. The quantitative estimate of drug-likeness (QED) is 0.572. The first-order valence-electron chi connectivity index (χ1n) is 7.10. The zero-order chi connectivity index (χ0) is 14.7. The predicted molar refractivity (Wildman–Crippen MR) is 83.8 cm³/mol. The second-order valence-corrected chi connectivity index (χ2v) is 6.11. The molecule has 1 unspecified atom stereocenters. The molecule has 0 heterocycles. The number of thioether (sulfide) groups is 1. The molecule has 0 saturated carbocycles. The van der Waals surface area contributed by atoms with E-state index in [2.05, 4.69) is 30.7 Å². The third-order valence-electron chi connectivity index (χ3n) is 3.67. The van der Waals surface area contributed by atoms with E-state index >= 15 is 0 Å². The van der Waals surface area contributed by atoms with E-state index in [0.29, 0.717) is 13.2 Å². The van der Waals surface area contributed by atoms with Crippen molar-refractivity contribution in [2.24, 2.45) is 0 Å². The summed E-state index contributed by atoms with van der Waals surface area (Å²) in [6.45, 7) is 8.56. The summed E-state index contributed by atoms with van der Waals surface area (Å²) in [6, 6.07) is -0.146. The van der Waals surface area contributed by atoms with Gasteiger partial charge in [0.2, 0.25) is 5.91 Å². The Balaban J connectivity index is 4.01. The largest absolute Gasteiger partial charge is 0.385 e. The number of hydrogen-bond acceptors (Lipinski definition) is 4. The van der Waals surface area contributed by atoms with Crippen LogP contribution in [0.4, 0.5) is 0 Å². The minimum absolute atomic E-state index is 0.0679. The van der Waals surface area contributed by atoms with Crippen molar-refractivity contribution in [2.45, 2.75) is 50.8 Å². The number of amides is 1. The maximum Gasteiger partial charge on any atom is 0.236 e. The Morgan fingerprint density at radius 2 is 2.00 bits per heavy atom. The van der Waals surface area contributed by atoms with Gasteiger partial charge in [-0.05, 0) is 32.4 Å². The molecule has 0 aromatic rings. The first-order valence-corrected chi connectivity index (χ1v) is 8.32. The van der Waals surface area contributed by atoms with E-state index in [1.165, 1.54) is 0 Å². The van der Waals surface area contributed by atoms with Gasteiger partial charge in [-0.3, -0.25) is 4.79 Å². The van der Waals surface area contributed by atoms with Gasteiger partial charge in [-0.15, -0.1) is 0 Å². The van der Waals surface area contributed by atoms with E-state index in [9.17, 15) is 4.79 Å². The van der Waals surface area contributed by atoms with Gasteiger partial charge < -0.3 is 15.4 Å². The van der Waals surface area contributed by atoms with Crippen LogP contribution in [0.15, 0.2) is 0 Å². The Kier molecular flexibility index (Phi) is 10.4. The van der Waals surface area contributed by atoms with Gasteiger partial charge in [0, 0.05) is 31.6 Å². The Morgan fingerprint density at radius 1 is 1.37 bits per heavy atom. The molecule has 1 amide bonds. The molecule has 0 spiro atoms. The fourth-order valence-corrected chi connectivity index (χ4v) is 2.68. The van der Waals surface area contributed by atoms with Crippen molar-refractivity contribution in [1.29, 1.82) is 0 Å². The van der Waals surface area contributed by atoms with Crippen molar-refractivity contribution < 1.29 is 9.53 Å². The molecule has 0 aliphatic carbocycles. The molecular weight excluding hydrogens is 260 g/mol. The summed E-state index contributed by atoms with van der Waals surface area (Å²) in [4.78, 5) is 11.9. The summed E-state index contributed by atoms with van der Waals surface area (Å²) in [6.07, 6.45) is 5.22. The molecule has 1 atom stereocenters. The van der Waals surface area contributed by atoms with Gasteiger partial charge in [0.05, 0.1) is 6.04 Å². The SMILES string of the molecule is CCC(CC)(CNC(C)C(=O)NCCCOC)SC. The van der Waals surface area contributed by atoms with Crippen molar-refractivity contribution >= 4 is 17.7 Å². The minimum atomic E-state index is -0.146. The highest BCUT2D eigenvalue weighted by atomic mass is 32.2. The third kappa shape index (κ3) is 7.18. The highest BCUT2D eigenvalue weighted by molar-refractivity contribution is 8.00. The van der Waals surface area contributed by atoms with Crippen LogP contribution in [0.5, 0.6) is 0 Å². The van der Waals surface area contributed by atoms with Crippen LogP contribution in [0.3, 0.4) is 0 Å². The van der Waals surface area contributed by atoms with Gasteiger partial charge in [-0.2, -0.15) is 11.8 Å². The molecule has 2 N–H and O–H groups in total. The molecule has 0 aliphatic rings. The Morgan fingerprint density at radius 3 is 2.47 bits per heavy atom. The Hall–Kier alpha value is -0.260. The van der Waals surface area contributed by atoms with Gasteiger partial charge in [-0.25, -0.2) is 0 Å². The first kappa shape index (κ1) is 18.7. The smallest absolute Gasteiger partial charge is 0.236 e. The van der Waals surface area contributed by atoms with Crippen LogP contribution < -0.4 is 10.6 Å². The number of carbonyl (C=O) groups is 1. The fourth-order valence-electron chi connectivity index (χ4n) is 1.87. The van der Waals surface area contributed by atoms with Gasteiger partial charge >= 0.3 is 0 Å². The number of hydrogen-bond donors (Lipinski definition) is 2. The summed E-state index contributed by atoms with van der Waals surface area (Å²) in [5.41, 5.74) is 0. The molecule has 0 saturated heterocycles. The van der Waals surface area contributed by atoms with Crippen molar-refractivity contribution in [3.63, 3.8) is 0 Å². The molecule has 5 heteroatoms. The molecule has 0 aromatic heterocycles. The van der Waals surface area contributed by atoms with Crippen LogP contribution in [0, 0.1) is 0 Å². The van der Waals surface area contributed by atoms with E-state index in [0.717, 1.165) is 25.8 Å². The van der Waals surface area contributed by atoms with Crippen molar-refractivity contribution in [1.82, 2.24) is 10.6 Å². The predicted octanol–water partition coefficient (Wildman–Crippen LogP) is 2.04. The van der Waals surface area contributed by atoms with Gasteiger partial charge in [0.25, 0.3) is 0 Å². The zero-order valence-corrected chi connectivity index (χ0v) is 13.9. The summed E-state index contributed by atoms with van der Waals surface area (Å²) < 4.78 is 5.19. The van der Waals surface area contributed by atoms with Crippen LogP contribution in [-0.2, 0) is 9.53 Å². The number of nitrogens with one attached hydrogen (secondary N) is 2. The molecule has 0 radical (unpaired) electrons. The van der Waals surface area contributed by atoms with Gasteiger partial charge in [-0.1, -0.05) is 13.8 Å². The normalized spacial score (nSPS) is 13.3. The van der Waals surface area contributed by atoms with Gasteiger partial charge in [0.15, 0.2) is 0 Å². The monoisotopic (exact) mass is 290 g/mol. The number of carbonyl (C=O) groups excluding carboxylic acids is 1. The fraction of sp³-hybridized carbons (Fsp3) is 0.929. The average molecular weight is 290 g/mol. The molecule has 0 fully saturated rings. The van der Waals surface area contributed by atoms with Crippen LogP contribution >= 0.6 is 11.8 Å². The highest BCUT2D eigenvalue weighted by Crippen LogP contribution is 2.29. The summed E-state index contributed by atoms with van der Waals surface area (Å²) in [5.74, 6) is 0.0679. The lowest BCUT2D eigenvalue weighted by Crippen LogP contribution is -2.47. The van der Waals surface area contributed by atoms with Crippen LogP contribution in [0.2, 0.25) is 0 Å². The summed E-state index contributed by atoms with van der Waals surface area (Å²) >= 11 is 1.88. The van der Waals surface area contributed by atoms with E-state index in [1.807, 2.05) is 18.7 Å². The Labute approximate surface area is 122 Å². The zero-order valence-electron chi connectivity index (χ0n) is 13.0. The second-order valence-electron chi connectivity index (χ2n) is 4.83. The van der Waals surface area contributed by atoms with E-state index in [4.69, 9.17) is 4.74 Å². The van der Waals surface area contributed by atoms with E-state index in [-0.39, 0.29) is 16.7 Å². The standard InChI is InChI=1S/C14H30N2O2S/c1-6-14(7-2,19-5)11-16-12(3)13(17)15-9-8-10-18-4/h12,16H,6-11H2,1-5H3,(H,15,17). The van der Waals surface area contributed by atoms with Crippen LogP contribution in [0.25, 0.3) is 0 Å². The summed E-state index contributed by atoms with van der Waals surface area (Å²) in [5, 5.41) is 6.27. The molecule has 0 aromatic carbocycles. The number of ether oxygens (including phenoxy) is 1. The minimum Gasteiger partial charge on any atom is -0.385 e. The van der Waals surface area contributed by atoms with Crippen molar-refractivity contribution in [3.8, 4) is 0 Å². The van der Waals surface area contributed by atoms with Crippen LogP contribution in [-0.4, -0.2) is 49.8 Å². The topological polar surface area (TPSA) is 50.4 Å². The lowest BCUT2D eigenvalue weighted by atomic mass is 10.0. The molecular formula is C14H30N2O2S. The second kappa shape index (κ2) is 10.5. The maximum atomic E-state index is 11.9. The van der Waals surface area contributed by atoms with E-state index < -0.39 is 0 Å².